The molecule has 2 aromatic rings. The molecule has 0 aromatic carbocycles. The Kier molecular flexibility index (Phi) is 6.88. The summed E-state index contributed by atoms with van der Waals surface area (Å²) in [5, 5.41) is 4.72. The van der Waals surface area contributed by atoms with Crippen molar-refractivity contribution in [3.63, 3.8) is 0 Å². The number of rotatable bonds is 8. The van der Waals surface area contributed by atoms with Gasteiger partial charge in [0.15, 0.2) is 0 Å². The SMILES string of the molecule is CC(C)CCn1c(=O)c2sccc2n(CC(=O)NCCC2=CCCCC2)c1=O. The molecule has 1 N–H and O–H groups in total. The molecular formula is C21H29N3O3S. The minimum Gasteiger partial charge on any atom is -0.354 e. The van der Waals surface area contributed by atoms with Gasteiger partial charge in [0.1, 0.15) is 11.2 Å². The van der Waals surface area contributed by atoms with Crippen LogP contribution in [0.3, 0.4) is 0 Å². The second-order valence-electron chi connectivity index (χ2n) is 7.85. The van der Waals surface area contributed by atoms with Crippen LogP contribution < -0.4 is 16.6 Å². The topological polar surface area (TPSA) is 73.1 Å². The minimum atomic E-state index is -0.401. The Balaban J connectivity index is 1.75. The summed E-state index contributed by atoms with van der Waals surface area (Å²) in [5.41, 5.74) is 1.30. The third kappa shape index (κ3) is 4.82. The maximum Gasteiger partial charge on any atom is 0.332 e. The lowest BCUT2D eigenvalue weighted by atomic mass is 9.97. The first-order chi connectivity index (χ1) is 13.5. The van der Waals surface area contributed by atoms with Crippen LogP contribution in [0.15, 0.2) is 32.7 Å². The van der Waals surface area contributed by atoms with E-state index < -0.39 is 5.69 Å². The highest BCUT2D eigenvalue weighted by molar-refractivity contribution is 7.17. The van der Waals surface area contributed by atoms with Crippen LogP contribution in [-0.2, 0) is 17.9 Å². The Morgan fingerprint density at radius 1 is 1.25 bits per heavy atom. The number of nitrogens with one attached hydrogen (secondary N) is 1. The van der Waals surface area contributed by atoms with Crippen LogP contribution in [0, 0.1) is 5.92 Å². The predicted molar refractivity (Wildman–Crippen MR) is 114 cm³/mol. The number of aromatic nitrogens is 2. The molecule has 0 unspecified atom stereocenters. The number of carbonyl (C=O) groups is 1. The number of fused-ring (bicyclic) bond motifs is 1. The molecule has 1 aliphatic rings. The summed E-state index contributed by atoms with van der Waals surface area (Å²) >= 11 is 1.32. The lowest BCUT2D eigenvalue weighted by Crippen LogP contribution is -2.42. The second-order valence-corrected chi connectivity index (χ2v) is 8.77. The maximum atomic E-state index is 12.9. The molecule has 0 aliphatic heterocycles. The molecule has 0 fully saturated rings. The number of carbonyl (C=O) groups excluding carboxylic acids is 1. The minimum absolute atomic E-state index is 0.0624. The van der Waals surface area contributed by atoms with Crippen molar-refractivity contribution in [2.24, 2.45) is 5.92 Å². The third-order valence-corrected chi connectivity index (χ3v) is 6.11. The zero-order valence-electron chi connectivity index (χ0n) is 16.7. The van der Waals surface area contributed by atoms with E-state index in [4.69, 9.17) is 0 Å². The van der Waals surface area contributed by atoms with Gasteiger partial charge in [-0.2, -0.15) is 0 Å². The van der Waals surface area contributed by atoms with Crippen LogP contribution in [0.2, 0.25) is 0 Å². The molecule has 7 heteroatoms. The van der Waals surface area contributed by atoms with Gasteiger partial charge in [0.25, 0.3) is 5.56 Å². The van der Waals surface area contributed by atoms with E-state index in [1.807, 2.05) is 0 Å². The normalized spacial score (nSPS) is 14.5. The first-order valence-electron chi connectivity index (χ1n) is 10.1. The van der Waals surface area contributed by atoms with Crippen LogP contribution in [0.25, 0.3) is 10.2 Å². The summed E-state index contributed by atoms with van der Waals surface area (Å²) in [4.78, 5) is 38.0. The van der Waals surface area contributed by atoms with Crippen LogP contribution >= 0.6 is 11.3 Å². The molecule has 28 heavy (non-hydrogen) atoms. The van der Waals surface area contributed by atoms with E-state index in [2.05, 4.69) is 25.2 Å². The Morgan fingerprint density at radius 3 is 2.79 bits per heavy atom. The molecular weight excluding hydrogens is 374 g/mol. The molecule has 1 aliphatic carbocycles. The van der Waals surface area contributed by atoms with Crippen molar-refractivity contribution in [2.75, 3.05) is 6.54 Å². The van der Waals surface area contributed by atoms with Gasteiger partial charge >= 0.3 is 5.69 Å². The van der Waals surface area contributed by atoms with Crippen molar-refractivity contribution in [2.45, 2.75) is 65.5 Å². The largest absolute Gasteiger partial charge is 0.354 e. The van der Waals surface area contributed by atoms with Gasteiger partial charge in [-0.05, 0) is 55.9 Å². The third-order valence-electron chi connectivity index (χ3n) is 5.22. The molecule has 6 nitrogen and oxygen atoms in total. The van der Waals surface area contributed by atoms with Gasteiger partial charge in [0, 0.05) is 13.1 Å². The monoisotopic (exact) mass is 403 g/mol. The highest BCUT2D eigenvalue weighted by Crippen LogP contribution is 2.19. The van der Waals surface area contributed by atoms with Crippen LogP contribution in [0.5, 0.6) is 0 Å². The smallest absolute Gasteiger partial charge is 0.332 e. The highest BCUT2D eigenvalue weighted by atomic mass is 32.1. The Labute approximate surface area is 168 Å². The van der Waals surface area contributed by atoms with Crippen molar-refractivity contribution in [1.29, 1.82) is 0 Å². The molecule has 0 spiro atoms. The predicted octanol–water partition coefficient (Wildman–Crippen LogP) is 3.28. The van der Waals surface area contributed by atoms with Crippen LogP contribution in [0.1, 0.15) is 52.4 Å². The van der Waals surface area contributed by atoms with Gasteiger partial charge in [-0.15, -0.1) is 11.3 Å². The Morgan fingerprint density at radius 2 is 2.07 bits per heavy atom. The average Bonchev–Trinajstić information content (AvgIpc) is 3.16. The molecule has 1 amide bonds. The van der Waals surface area contributed by atoms with Gasteiger partial charge in [0.2, 0.25) is 5.91 Å². The number of hydrogen-bond acceptors (Lipinski definition) is 4. The second kappa shape index (κ2) is 9.37. The number of amides is 1. The number of nitrogens with zero attached hydrogens (tertiary/aromatic N) is 2. The molecule has 2 aromatic heterocycles. The summed E-state index contributed by atoms with van der Waals surface area (Å²) in [6, 6.07) is 1.75. The van der Waals surface area contributed by atoms with E-state index in [-0.39, 0.29) is 18.0 Å². The van der Waals surface area contributed by atoms with Gasteiger partial charge in [0.05, 0.1) is 5.52 Å². The van der Waals surface area contributed by atoms with Crippen molar-refractivity contribution >= 4 is 27.5 Å². The number of thiophene rings is 1. The fraction of sp³-hybridized carbons (Fsp3) is 0.571. The fourth-order valence-electron chi connectivity index (χ4n) is 3.56. The Bertz CT molecular complexity index is 981. The molecule has 2 heterocycles. The zero-order chi connectivity index (χ0) is 20.1. The Hall–Kier alpha value is -2.15. The summed E-state index contributed by atoms with van der Waals surface area (Å²) in [5.74, 6) is 0.191. The van der Waals surface area contributed by atoms with Crippen LogP contribution in [-0.4, -0.2) is 21.6 Å². The van der Waals surface area contributed by atoms with Crippen molar-refractivity contribution in [1.82, 2.24) is 14.5 Å². The van der Waals surface area contributed by atoms with E-state index in [0.29, 0.717) is 29.2 Å². The van der Waals surface area contributed by atoms with E-state index in [9.17, 15) is 14.4 Å². The number of hydrogen-bond donors (Lipinski definition) is 1. The van der Waals surface area contributed by atoms with Crippen LogP contribution in [0.4, 0.5) is 0 Å². The lowest BCUT2D eigenvalue weighted by molar-refractivity contribution is -0.121. The van der Waals surface area contributed by atoms with Gasteiger partial charge in [-0.25, -0.2) is 4.79 Å². The van der Waals surface area contributed by atoms with Crippen molar-refractivity contribution in [3.05, 3.63) is 43.9 Å². The lowest BCUT2D eigenvalue weighted by Gasteiger charge is -2.14. The van der Waals surface area contributed by atoms with E-state index in [1.165, 1.54) is 38.9 Å². The zero-order valence-corrected chi connectivity index (χ0v) is 17.5. The molecule has 0 atom stereocenters. The highest BCUT2D eigenvalue weighted by Gasteiger charge is 2.16. The molecule has 152 valence electrons. The standard InChI is InChI=1S/C21H29N3O3S/c1-15(2)9-12-23-20(26)19-17(10-13-28-19)24(21(23)27)14-18(25)22-11-8-16-6-4-3-5-7-16/h6,10,13,15H,3-5,7-9,11-12,14H2,1-2H3,(H,22,25). The van der Waals surface area contributed by atoms with E-state index in [1.54, 1.807) is 11.4 Å². The van der Waals surface area contributed by atoms with E-state index in [0.717, 1.165) is 25.7 Å². The molecule has 0 saturated heterocycles. The first kappa shape index (κ1) is 20.6. The molecule has 3 rings (SSSR count). The van der Waals surface area contributed by atoms with Gasteiger partial charge < -0.3 is 5.32 Å². The first-order valence-corrected chi connectivity index (χ1v) is 11.0. The summed E-state index contributed by atoms with van der Waals surface area (Å²) < 4.78 is 3.24. The summed E-state index contributed by atoms with van der Waals surface area (Å²) in [7, 11) is 0. The average molecular weight is 404 g/mol. The summed E-state index contributed by atoms with van der Waals surface area (Å²) in [6.45, 7) is 5.01. The maximum absolute atomic E-state index is 12.9. The van der Waals surface area contributed by atoms with Crippen molar-refractivity contribution < 1.29 is 4.79 Å². The number of allylic oxidation sites excluding steroid dienone is 1. The fourth-order valence-corrected chi connectivity index (χ4v) is 4.41. The molecule has 0 saturated carbocycles. The molecule has 0 radical (unpaired) electrons. The van der Waals surface area contributed by atoms with E-state index >= 15 is 0 Å². The van der Waals surface area contributed by atoms with Crippen molar-refractivity contribution in [3.8, 4) is 0 Å². The quantitative estimate of drug-likeness (QED) is 0.688. The molecule has 0 bridgehead atoms. The van der Waals surface area contributed by atoms with Gasteiger partial charge in [-0.1, -0.05) is 25.5 Å². The van der Waals surface area contributed by atoms with Gasteiger partial charge in [-0.3, -0.25) is 18.7 Å². The summed E-state index contributed by atoms with van der Waals surface area (Å²) in [6.07, 6.45) is 8.61.